The van der Waals surface area contributed by atoms with Crippen molar-refractivity contribution >= 4 is 21.8 Å². The monoisotopic (exact) mass is 300 g/mol. The predicted molar refractivity (Wildman–Crippen MR) is 69.8 cm³/mol. The molecule has 0 spiro atoms. The fourth-order valence-electron chi connectivity index (χ4n) is 1.39. The van der Waals surface area contributed by atoms with Gasteiger partial charge in [0, 0.05) is 24.9 Å². The number of nitrogens with one attached hydrogen (secondary N) is 1. The normalized spacial score (nSPS) is 12.2. The van der Waals surface area contributed by atoms with Crippen LogP contribution >= 0.6 is 15.9 Å². The van der Waals surface area contributed by atoms with Crippen molar-refractivity contribution in [1.82, 2.24) is 10.3 Å². The number of rotatable bonds is 6. The number of amides is 1. The molecule has 17 heavy (non-hydrogen) atoms. The van der Waals surface area contributed by atoms with Crippen LogP contribution in [0.1, 0.15) is 30.1 Å². The number of carbonyl (C=O) groups is 1. The summed E-state index contributed by atoms with van der Waals surface area (Å²) in [5.74, 6) is 0.201. The minimum atomic E-state index is -0.0928. The molecule has 5 heteroatoms. The van der Waals surface area contributed by atoms with Gasteiger partial charge in [0.2, 0.25) is 0 Å². The van der Waals surface area contributed by atoms with E-state index in [4.69, 9.17) is 5.11 Å². The number of hydrogen-bond acceptors (Lipinski definition) is 3. The molecule has 0 saturated carbocycles. The molecule has 0 saturated heterocycles. The number of nitrogens with zero attached hydrogens (tertiary/aromatic N) is 1. The highest BCUT2D eigenvalue weighted by atomic mass is 79.9. The van der Waals surface area contributed by atoms with E-state index in [0.717, 1.165) is 12.8 Å². The summed E-state index contributed by atoms with van der Waals surface area (Å²) >= 11 is 3.22. The molecule has 1 aromatic heterocycles. The highest BCUT2D eigenvalue weighted by Crippen LogP contribution is 2.08. The first-order chi connectivity index (χ1) is 8.13. The van der Waals surface area contributed by atoms with Crippen molar-refractivity contribution in [2.24, 2.45) is 5.92 Å². The van der Waals surface area contributed by atoms with Gasteiger partial charge in [-0.25, -0.2) is 4.98 Å². The third kappa shape index (κ3) is 5.28. The number of pyridine rings is 1. The molecule has 0 radical (unpaired) electrons. The van der Waals surface area contributed by atoms with E-state index in [0.29, 0.717) is 22.6 Å². The lowest BCUT2D eigenvalue weighted by Crippen LogP contribution is -2.24. The SMILES string of the molecule is CC(CO)CCCNC(=O)c1ccnc(Br)c1. The van der Waals surface area contributed by atoms with Crippen LogP contribution in [0.2, 0.25) is 0 Å². The fourth-order valence-corrected chi connectivity index (χ4v) is 1.75. The zero-order valence-electron chi connectivity index (χ0n) is 9.82. The van der Waals surface area contributed by atoms with Crippen molar-refractivity contribution in [3.63, 3.8) is 0 Å². The summed E-state index contributed by atoms with van der Waals surface area (Å²) in [6.07, 6.45) is 3.38. The van der Waals surface area contributed by atoms with Gasteiger partial charge >= 0.3 is 0 Å². The van der Waals surface area contributed by atoms with Crippen LogP contribution in [-0.4, -0.2) is 29.1 Å². The van der Waals surface area contributed by atoms with Crippen LogP contribution in [0.4, 0.5) is 0 Å². The van der Waals surface area contributed by atoms with Crippen LogP contribution in [0, 0.1) is 5.92 Å². The fraction of sp³-hybridized carbons (Fsp3) is 0.500. The Hall–Kier alpha value is -0.940. The molecule has 1 unspecified atom stereocenters. The Morgan fingerprint density at radius 3 is 3.06 bits per heavy atom. The van der Waals surface area contributed by atoms with E-state index in [-0.39, 0.29) is 12.5 Å². The Bertz CT molecular complexity index is 371. The summed E-state index contributed by atoms with van der Waals surface area (Å²) in [5, 5.41) is 11.7. The van der Waals surface area contributed by atoms with Gasteiger partial charge in [0.05, 0.1) is 0 Å². The summed E-state index contributed by atoms with van der Waals surface area (Å²) in [6, 6.07) is 3.36. The van der Waals surface area contributed by atoms with Gasteiger partial charge in [0.25, 0.3) is 5.91 Å². The van der Waals surface area contributed by atoms with E-state index in [9.17, 15) is 4.79 Å². The number of hydrogen-bond donors (Lipinski definition) is 2. The Morgan fingerprint density at radius 1 is 1.65 bits per heavy atom. The van der Waals surface area contributed by atoms with Gasteiger partial charge in [-0.05, 0) is 46.8 Å². The second kappa shape index (κ2) is 7.40. The summed E-state index contributed by atoms with van der Waals surface area (Å²) in [7, 11) is 0. The molecule has 1 aromatic rings. The van der Waals surface area contributed by atoms with Crippen molar-refractivity contribution in [3.8, 4) is 0 Å². The Labute approximate surface area is 110 Å². The lowest BCUT2D eigenvalue weighted by molar-refractivity contribution is 0.0952. The molecule has 1 heterocycles. The van der Waals surface area contributed by atoms with Gasteiger partial charge in [-0.15, -0.1) is 0 Å². The van der Waals surface area contributed by atoms with Gasteiger partial charge in [0.1, 0.15) is 4.60 Å². The molecule has 0 aromatic carbocycles. The smallest absolute Gasteiger partial charge is 0.251 e. The first-order valence-corrected chi connectivity index (χ1v) is 6.43. The Morgan fingerprint density at radius 2 is 2.41 bits per heavy atom. The zero-order chi connectivity index (χ0) is 12.7. The molecule has 2 N–H and O–H groups in total. The molecule has 1 amide bonds. The van der Waals surface area contributed by atoms with Crippen LogP contribution < -0.4 is 5.32 Å². The van der Waals surface area contributed by atoms with Gasteiger partial charge in [0.15, 0.2) is 0 Å². The van der Waals surface area contributed by atoms with Crippen molar-refractivity contribution in [3.05, 3.63) is 28.5 Å². The lowest BCUT2D eigenvalue weighted by atomic mass is 10.1. The second-order valence-corrected chi connectivity index (χ2v) is 4.87. The van der Waals surface area contributed by atoms with E-state index in [1.807, 2.05) is 6.92 Å². The van der Waals surface area contributed by atoms with E-state index >= 15 is 0 Å². The minimum Gasteiger partial charge on any atom is -0.396 e. The summed E-state index contributed by atoms with van der Waals surface area (Å²) in [4.78, 5) is 15.7. The molecule has 4 nitrogen and oxygen atoms in total. The van der Waals surface area contributed by atoms with Crippen LogP contribution in [0.3, 0.4) is 0 Å². The van der Waals surface area contributed by atoms with E-state index in [1.54, 1.807) is 18.3 Å². The number of aromatic nitrogens is 1. The lowest BCUT2D eigenvalue weighted by Gasteiger charge is -2.08. The summed E-state index contributed by atoms with van der Waals surface area (Å²) in [5.41, 5.74) is 0.599. The number of aliphatic hydroxyl groups is 1. The Balaban J connectivity index is 2.30. The third-order valence-electron chi connectivity index (χ3n) is 2.46. The van der Waals surface area contributed by atoms with Crippen LogP contribution in [-0.2, 0) is 0 Å². The maximum atomic E-state index is 11.7. The molecule has 94 valence electrons. The summed E-state index contributed by atoms with van der Waals surface area (Å²) < 4.78 is 0.652. The maximum absolute atomic E-state index is 11.7. The zero-order valence-corrected chi connectivity index (χ0v) is 11.4. The first-order valence-electron chi connectivity index (χ1n) is 5.64. The molecule has 0 bridgehead atoms. The summed E-state index contributed by atoms with van der Waals surface area (Å²) in [6.45, 7) is 2.82. The van der Waals surface area contributed by atoms with Crippen molar-refractivity contribution in [2.75, 3.05) is 13.2 Å². The maximum Gasteiger partial charge on any atom is 0.251 e. The molecule has 0 aliphatic carbocycles. The third-order valence-corrected chi connectivity index (χ3v) is 2.89. The number of halogens is 1. The molecular weight excluding hydrogens is 284 g/mol. The van der Waals surface area contributed by atoms with Gasteiger partial charge < -0.3 is 10.4 Å². The van der Waals surface area contributed by atoms with Gasteiger partial charge in [-0.1, -0.05) is 6.92 Å². The Kier molecular flexibility index (Phi) is 6.15. The molecule has 0 fully saturated rings. The molecule has 0 aliphatic heterocycles. The minimum absolute atomic E-state index is 0.0928. The molecule has 1 atom stereocenters. The second-order valence-electron chi connectivity index (χ2n) is 4.05. The average Bonchev–Trinajstić information content (AvgIpc) is 2.34. The van der Waals surface area contributed by atoms with Crippen LogP contribution in [0.5, 0.6) is 0 Å². The quantitative estimate of drug-likeness (QED) is 0.624. The van der Waals surface area contributed by atoms with Crippen molar-refractivity contribution < 1.29 is 9.90 Å². The predicted octanol–water partition coefficient (Wildman–Crippen LogP) is 1.98. The van der Waals surface area contributed by atoms with Gasteiger partial charge in [-0.3, -0.25) is 4.79 Å². The van der Waals surface area contributed by atoms with Crippen LogP contribution in [0.15, 0.2) is 22.9 Å². The van der Waals surface area contributed by atoms with Crippen LogP contribution in [0.25, 0.3) is 0 Å². The average molecular weight is 301 g/mol. The van der Waals surface area contributed by atoms with E-state index in [2.05, 4.69) is 26.2 Å². The van der Waals surface area contributed by atoms with E-state index in [1.165, 1.54) is 0 Å². The highest BCUT2D eigenvalue weighted by molar-refractivity contribution is 9.10. The number of aliphatic hydroxyl groups excluding tert-OH is 1. The van der Waals surface area contributed by atoms with E-state index < -0.39 is 0 Å². The van der Waals surface area contributed by atoms with Crippen molar-refractivity contribution in [1.29, 1.82) is 0 Å². The molecular formula is C12H17BrN2O2. The number of carbonyl (C=O) groups excluding carboxylic acids is 1. The topological polar surface area (TPSA) is 62.2 Å². The highest BCUT2D eigenvalue weighted by Gasteiger charge is 2.06. The molecule has 0 aliphatic rings. The standard InChI is InChI=1S/C12H17BrN2O2/c1-9(8-16)3-2-5-15-12(17)10-4-6-14-11(13)7-10/h4,6-7,9,16H,2-3,5,8H2,1H3,(H,15,17). The van der Waals surface area contributed by atoms with Gasteiger partial charge in [-0.2, -0.15) is 0 Å². The first kappa shape index (κ1) is 14.1. The molecule has 1 rings (SSSR count). The largest absolute Gasteiger partial charge is 0.396 e. The van der Waals surface area contributed by atoms with Crippen molar-refractivity contribution in [2.45, 2.75) is 19.8 Å².